The molecule has 0 spiro atoms. The predicted octanol–water partition coefficient (Wildman–Crippen LogP) is 2.28. The molecule has 2 heteroatoms. The Kier molecular flexibility index (Phi) is 0.718. The maximum Gasteiger partial charge on any atom is 0.291 e. The predicted molar refractivity (Wildman–Crippen MR) is 30.3 cm³/mol. The van der Waals surface area contributed by atoms with E-state index in [0.29, 0.717) is 24.0 Å². The molecule has 2 aliphatic carbocycles. The Hall–Kier alpha value is -0.660. The van der Waals surface area contributed by atoms with Crippen LogP contribution in [0.25, 0.3) is 0 Å². The van der Waals surface area contributed by atoms with Gasteiger partial charge in [0.05, 0.1) is 0 Å². The Labute approximate surface area is 51.9 Å². The molecule has 0 N–H and O–H groups in total. The number of hydrogen-bond donors (Lipinski definition) is 0. The van der Waals surface area contributed by atoms with Crippen LogP contribution in [0.3, 0.4) is 0 Å². The van der Waals surface area contributed by atoms with Crippen LogP contribution < -0.4 is 0 Å². The van der Waals surface area contributed by atoms with E-state index in [9.17, 15) is 8.78 Å². The molecule has 2 rings (SSSR count). The summed E-state index contributed by atoms with van der Waals surface area (Å²) in [4.78, 5) is 0. The topological polar surface area (TPSA) is 0 Å². The highest BCUT2D eigenvalue weighted by Crippen LogP contribution is 2.47. The van der Waals surface area contributed by atoms with Gasteiger partial charge in [-0.3, -0.25) is 0 Å². The van der Waals surface area contributed by atoms with Gasteiger partial charge in [-0.1, -0.05) is 12.2 Å². The second-order valence-electron chi connectivity index (χ2n) is 2.46. The molecular weight excluding hydrogens is 122 g/mol. The molecule has 9 heavy (non-hydrogen) atoms. The molecule has 1 saturated carbocycles. The van der Waals surface area contributed by atoms with Gasteiger partial charge >= 0.3 is 0 Å². The Balaban J connectivity index is 2.51. The Morgan fingerprint density at radius 1 is 1.11 bits per heavy atom. The van der Waals surface area contributed by atoms with Crippen LogP contribution in [0.5, 0.6) is 0 Å². The van der Waals surface area contributed by atoms with E-state index in [-0.39, 0.29) is 0 Å². The quantitative estimate of drug-likeness (QED) is 0.469. The van der Waals surface area contributed by atoms with Crippen molar-refractivity contribution in [3.63, 3.8) is 0 Å². The second kappa shape index (κ2) is 1.25. The standard InChI is InChI=1S/C7H6F2/c8-7(9)5-1-2-6(7)4-3-5/h1-2H,3-4H2. The highest BCUT2D eigenvalue weighted by atomic mass is 19.3. The summed E-state index contributed by atoms with van der Waals surface area (Å²) < 4.78 is 25.3. The molecule has 0 aromatic rings. The summed E-state index contributed by atoms with van der Waals surface area (Å²) in [6.07, 6.45) is 4.22. The van der Waals surface area contributed by atoms with E-state index in [1.54, 1.807) is 12.2 Å². The van der Waals surface area contributed by atoms with Gasteiger partial charge in [0, 0.05) is 11.1 Å². The number of alkyl halides is 2. The third kappa shape index (κ3) is 0.460. The maximum absolute atomic E-state index is 12.7. The summed E-state index contributed by atoms with van der Waals surface area (Å²) in [6.45, 7) is 0. The molecule has 0 amide bonds. The Bertz CT molecular complexity index is 189. The number of rotatable bonds is 0. The smallest absolute Gasteiger partial charge is 0.197 e. The van der Waals surface area contributed by atoms with Crippen molar-refractivity contribution in [1.82, 2.24) is 0 Å². The van der Waals surface area contributed by atoms with Crippen molar-refractivity contribution in [3.8, 4) is 0 Å². The summed E-state index contributed by atoms with van der Waals surface area (Å²) >= 11 is 0. The van der Waals surface area contributed by atoms with Crippen LogP contribution in [-0.2, 0) is 0 Å². The van der Waals surface area contributed by atoms with Crippen molar-refractivity contribution in [1.29, 1.82) is 0 Å². The van der Waals surface area contributed by atoms with E-state index < -0.39 is 5.92 Å². The second-order valence-corrected chi connectivity index (χ2v) is 2.46. The molecular formula is C7H6F2. The minimum atomic E-state index is -2.56. The lowest BCUT2D eigenvalue weighted by Crippen LogP contribution is -2.11. The zero-order valence-corrected chi connectivity index (χ0v) is 4.82. The van der Waals surface area contributed by atoms with Crippen LogP contribution in [-0.4, -0.2) is 5.92 Å². The molecule has 0 nitrogen and oxygen atoms in total. The third-order valence-electron chi connectivity index (χ3n) is 1.96. The first-order chi connectivity index (χ1) is 4.21. The summed E-state index contributed by atoms with van der Waals surface area (Å²) in [7, 11) is 0. The maximum atomic E-state index is 12.7. The third-order valence-corrected chi connectivity index (χ3v) is 1.96. The van der Waals surface area contributed by atoms with Crippen LogP contribution >= 0.6 is 0 Å². The lowest BCUT2D eigenvalue weighted by Gasteiger charge is -2.06. The van der Waals surface area contributed by atoms with Crippen molar-refractivity contribution in [2.45, 2.75) is 18.8 Å². The van der Waals surface area contributed by atoms with Gasteiger partial charge in [0.15, 0.2) is 0 Å². The summed E-state index contributed by atoms with van der Waals surface area (Å²) in [5.41, 5.74) is 0.606. The minimum Gasteiger partial charge on any atom is -0.197 e. The zero-order valence-electron chi connectivity index (χ0n) is 4.82. The molecule has 0 aromatic heterocycles. The first-order valence-corrected chi connectivity index (χ1v) is 3.00. The fraction of sp³-hybridized carbons (Fsp3) is 0.429. The summed E-state index contributed by atoms with van der Waals surface area (Å²) in [6, 6.07) is 0. The molecule has 2 bridgehead atoms. The van der Waals surface area contributed by atoms with Crippen molar-refractivity contribution < 1.29 is 8.78 Å². The molecule has 0 radical (unpaired) electrons. The molecule has 1 fully saturated rings. The highest BCUT2D eigenvalue weighted by Gasteiger charge is 2.45. The molecule has 2 aliphatic rings. The number of fused-ring (bicyclic) bond motifs is 2. The first-order valence-electron chi connectivity index (χ1n) is 3.00. The minimum absolute atomic E-state index is 0.303. The van der Waals surface area contributed by atoms with Crippen LogP contribution in [0, 0.1) is 0 Å². The molecule has 0 aromatic carbocycles. The normalized spacial score (nSPS) is 28.2. The van der Waals surface area contributed by atoms with E-state index in [0.717, 1.165) is 0 Å². The average Bonchev–Trinajstić information content (AvgIpc) is 2.24. The molecule has 0 aliphatic heterocycles. The molecule has 0 heterocycles. The lowest BCUT2D eigenvalue weighted by atomic mass is 10.2. The van der Waals surface area contributed by atoms with Crippen molar-refractivity contribution in [2.24, 2.45) is 0 Å². The largest absolute Gasteiger partial charge is 0.291 e. The van der Waals surface area contributed by atoms with E-state index >= 15 is 0 Å². The van der Waals surface area contributed by atoms with Gasteiger partial charge in [-0.15, -0.1) is 0 Å². The van der Waals surface area contributed by atoms with Crippen LogP contribution in [0.15, 0.2) is 23.3 Å². The average molecular weight is 128 g/mol. The summed E-state index contributed by atoms with van der Waals surface area (Å²) in [5, 5.41) is 0. The first kappa shape index (κ1) is 5.15. The van der Waals surface area contributed by atoms with Crippen LogP contribution in [0.1, 0.15) is 12.8 Å². The Morgan fingerprint density at radius 2 is 1.56 bits per heavy atom. The van der Waals surface area contributed by atoms with Crippen LogP contribution in [0.2, 0.25) is 0 Å². The number of halogens is 2. The number of allylic oxidation sites excluding steroid dienone is 4. The van der Waals surface area contributed by atoms with E-state index in [2.05, 4.69) is 0 Å². The fourth-order valence-corrected chi connectivity index (χ4v) is 1.37. The number of hydrogen-bond acceptors (Lipinski definition) is 0. The van der Waals surface area contributed by atoms with E-state index in [4.69, 9.17) is 0 Å². The van der Waals surface area contributed by atoms with Gasteiger partial charge in [0.2, 0.25) is 0 Å². The van der Waals surface area contributed by atoms with E-state index in [1.807, 2.05) is 0 Å². The highest BCUT2D eigenvalue weighted by molar-refractivity contribution is 5.45. The Morgan fingerprint density at radius 3 is 1.67 bits per heavy atom. The lowest BCUT2D eigenvalue weighted by molar-refractivity contribution is 0.0955. The van der Waals surface area contributed by atoms with Crippen molar-refractivity contribution in [2.75, 3.05) is 0 Å². The fourth-order valence-electron chi connectivity index (χ4n) is 1.37. The SMILES string of the molecule is FC1(F)C2=CC=C1CC2. The van der Waals surface area contributed by atoms with Gasteiger partial charge in [-0.25, -0.2) is 0 Å². The molecule has 48 valence electrons. The monoisotopic (exact) mass is 128 g/mol. The van der Waals surface area contributed by atoms with Gasteiger partial charge in [-0.05, 0) is 12.8 Å². The van der Waals surface area contributed by atoms with Gasteiger partial charge in [0.25, 0.3) is 5.92 Å². The van der Waals surface area contributed by atoms with Crippen molar-refractivity contribution in [3.05, 3.63) is 23.3 Å². The molecule has 0 atom stereocenters. The van der Waals surface area contributed by atoms with Gasteiger partial charge in [0.1, 0.15) is 0 Å². The zero-order chi connectivity index (χ0) is 6.48. The summed E-state index contributed by atoms with van der Waals surface area (Å²) in [5.74, 6) is -2.56. The molecule has 0 unspecified atom stereocenters. The van der Waals surface area contributed by atoms with E-state index in [1.165, 1.54) is 0 Å². The van der Waals surface area contributed by atoms with Gasteiger partial charge in [-0.2, -0.15) is 8.78 Å². The molecule has 0 saturated heterocycles. The van der Waals surface area contributed by atoms with Gasteiger partial charge < -0.3 is 0 Å². The van der Waals surface area contributed by atoms with Crippen molar-refractivity contribution >= 4 is 0 Å². The van der Waals surface area contributed by atoms with Crippen LogP contribution in [0.4, 0.5) is 8.78 Å².